The van der Waals surface area contributed by atoms with Crippen LogP contribution < -0.4 is 10.6 Å². The summed E-state index contributed by atoms with van der Waals surface area (Å²) in [6.45, 7) is 7.47. The number of hydrogen-bond donors (Lipinski definition) is 2. The number of para-hydroxylation sites is 1. The molecule has 1 aliphatic heterocycles. The van der Waals surface area contributed by atoms with Crippen LogP contribution >= 0.6 is 0 Å². The van der Waals surface area contributed by atoms with E-state index >= 15 is 0 Å². The highest BCUT2D eigenvalue weighted by atomic mass is 16.2. The van der Waals surface area contributed by atoms with Gasteiger partial charge < -0.3 is 10.6 Å². The van der Waals surface area contributed by atoms with Gasteiger partial charge in [0.25, 0.3) is 0 Å². The predicted octanol–water partition coefficient (Wildman–Crippen LogP) is 2.93. The van der Waals surface area contributed by atoms with E-state index in [4.69, 9.17) is 0 Å². The van der Waals surface area contributed by atoms with E-state index in [1.54, 1.807) is 0 Å². The first kappa shape index (κ1) is 14.9. The fourth-order valence-electron chi connectivity index (χ4n) is 2.54. The lowest BCUT2D eigenvalue weighted by Crippen LogP contribution is -2.46. The van der Waals surface area contributed by atoms with Crippen LogP contribution in [-0.2, 0) is 0 Å². The van der Waals surface area contributed by atoms with E-state index in [2.05, 4.69) is 29.4 Å². The number of anilines is 1. The summed E-state index contributed by atoms with van der Waals surface area (Å²) in [6, 6.07) is 9.78. The van der Waals surface area contributed by atoms with Gasteiger partial charge >= 0.3 is 6.03 Å². The highest BCUT2D eigenvalue weighted by molar-refractivity contribution is 5.89. The zero-order chi connectivity index (χ0) is 14.4. The van der Waals surface area contributed by atoms with Crippen LogP contribution in [0.3, 0.4) is 0 Å². The summed E-state index contributed by atoms with van der Waals surface area (Å²) in [4.78, 5) is 14.3. The number of hydrogen-bond acceptors (Lipinski definition) is 2. The minimum absolute atomic E-state index is 0.131. The summed E-state index contributed by atoms with van der Waals surface area (Å²) in [6.07, 6.45) is 2.53. The van der Waals surface area contributed by atoms with Crippen molar-refractivity contribution in [3.63, 3.8) is 0 Å². The second-order valence-corrected chi connectivity index (χ2v) is 5.77. The monoisotopic (exact) mass is 275 g/mol. The van der Waals surface area contributed by atoms with Crippen molar-refractivity contribution < 1.29 is 4.79 Å². The number of carbonyl (C=O) groups is 1. The zero-order valence-electron chi connectivity index (χ0n) is 12.4. The standard InChI is InChI=1S/C16H25N3O/c1-13-8-10-19(11-9-13)14(2)12-17-16(20)18-15-6-4-3-5-7-15/h3-7,13-14H,8-12H2,1-2H3,(H2,17,18,20). The van der Waals surface area contributed by atoms with Gasteiger partial charge in [0.05, 0.1) is 0 Å². The normalized spacial score (nSPS) is 18.5. The summed E-state index contributed by atoms with van der Waals surface area (Å²) >= 11 is 0. The van der Waals surface area contributed by atoms with Crippen LogP contribution in [0.4, 0.5) is 10.5 Å². The van der Waals surface area contributed by atoms with E-state index in [0.29, 0.717) is 12.6 Å². The van der Waals surface area contributed by atoms with E-state index in [9.17, 15) is 4.79 Å². The maximum Gasteiger partial charge on any atom is 0.319 e. The van der Waals surface area contributed by atoms with Crippen molar-refractivity contribution >= 4 is 11.7 Å². The molecule has 4 nitrogen and oxygen atoms in total. The highest BCUT2D eigenvalue weighted by Gasteiger charge is 2.20. The van der Waals surface area contributed by atoms with Gasteiger partial charge in [-0.05, 0) is 50.9 Å². The quantitative estimate of drug-likeness (QED) is 0.887. The second-order valence-electron chi connectivity index (χ2n) is 5.77. The van der Waals surface area contributed by atoms with E-state index in [0.717, 1.165) is 24.7 Å². The van der Waals surface area contributed by atoms with Crippen molar-refractivity contribution in [2.45, 2.75) is 32.7 Å². The molecule has 1 aliphatic rings. The van der Waals surface area contributed by atoms with Gasteiger partial charge in [-0.3, -0.25) is 4.90 Å². The third-order valence-corrected chi connectivity index (χ3v) is 4.03. The molecule has 0 aliphatic carbocycles. The van der Waals surface area contributed by atoms with Crippen molar-refractivity contribution in [2.75, 3.05) is 25.0 Å². The number of benzene rings is 1. The third-order valence-electron chi connectivity index (χ3n) is 4.03. The average molecular weight is 275 g/mol. The van der Waals surface area contributed by atoms with Crippen LogP contribution in [0.2, 0.25) is 0 Å². The number of piperidine rings is 1. The Balaban J connectivity index is 1.70. The van der Waals surface area contributed by atoms with Crippen molar-refractivity contribution in [3.05, 3.63) is 30.3 Å². The van der Waals surface area contributed by atoms with Gasteiger partial charge in [-0.25, -0.2) is 4.79 Å². The van der Waals surface area contributed by atoms with Gasteiger partial charge in [0.2, 0.25) is 0 Å². The van der Waals surface area contributed by atoms with E-state index < -0.39 is 0 Å². The molecule has 1 heterocycles. The first-order chi connectivity index (χ1) is 9.65. The van der Waals surface area contributed by atoms with Crippen LogP contribution in [0.5, 0.6) is 0 Å². The second kappa shape index (κ2) is 7.29. The Labute approximate surface area is 121 Å². The van der Waals surface area contributed by atoms with E-state index in [-0.39, 0.29) is 6.03 Å². The van der Waals surface area contributed by atoms with Crippen LogP contribution in [0.15, 0.2) is 30.3 Å². The van der Waals surface area contributed by atoms with Crippen LogP contribution in [0, 0.1) is 5.92 Å². The SMILES string of the molecule is CC1CCN(C(C)CNC(=O)Nc2ccccc2)CC1. The minimum atomic E-state index is -0.131. The molecule has 0 saturated carbocycles. The Morgan fingerprint density at radius 2 is 1.95 bits per heavy atom. The molecular weight excluding hydrogens is 250 g/mol. The molecule has 2 rings (SSSR count). The number of nitrogens with zero attached hydrogens (tertiary/aromatic N) is 1. The zero-order valence-corrected chi connectivity index (χ0v) is 12.4. The molecule has 1 fully saturated rings. The fourth-order valence-corrected chi connectivity index (χ4v) is 2.54. The van der Waals surface area contributed by atoms with Gasteiger partial charge in [-0.15, -0.1) is 0 Å². The number of amides is 2. The van der Waals surface area contributed by atoms with Gasteiger partial charge in [0, 0.05) is 18.3 Å². The Bertz CT molecular complexity index is 413. The molecule has 4 heteroatoms. The molecule has 0 radical (unpaired) electrons. The molecule has 20 heavy (non-hydrogen) atoms. The summed E-state index contributed by atoms with van der Waals surface area (Å²) in [7, 11) is 0. The fraction of sp³-hybridized carbons (Fsp3) is 0.562. The van der Waals surface area contributed by atoms with Crippen molar-refractivity contribution in [1.29, 1.82) is 0 Å². The average Bonchev–Trinajstić information content (AvgIpc) is 2.46. The number of urea groups is 1. The number of likely N-dealkylation sites (tertiary alicyclic amines) is 1. The summed E-state index contributed by atoms with van der Waals surface area (Å²) in [5, 5.41) is 5.79. The lowest BCUT2D eigenvalue weighted by atomic mass is 9.98. The molecule has 2 amide bonds. The predicted molar refractivity (Wildman–Crippen MR) is 82.9 cm³/mol. The maximum absolute atomic E-state index is 11.8. The third kappa shape index (κ3) is 4.53. The maximum atomic E-state index is 11.8. The van der Waals surface area contributed by atoms with Crippen LogP contribution in [0.25, 0.3) is 0 Å². The number of rotatable bonds is 4. The van der Waals surface area contributed by atoms with Crippen molar-refractivity contribution in [2.24, 2.45) is 5.92 Å². The molecule has 2 N–H and O–H groups in total. The van der Waals surface area contributed by atoms with Crippen molar-refractivity contribution in [1.82, 2.24) is 10.2 Å². The molecule has 0 spiro atoms. The number of nitrogens with one attached hydrogen (secondary N) is 2. The lowest BCUT2D eigenvalue weighted by Gasteiger charge is -2.34. The Morgan fingerprint density at radius 3 is 2.60 bits per heavy atom. The molecule has 0 aromatic heterocycles. The Morgan fingerprint density at radius 1 is 1.30 bits per heavy atom. The van der Waals surface area contributed by atoms with Crippen LogP contribution in [-0.4, -0.2) is 36.6 Å². The van der Waals surface area contributed by atoms with Gasteiger partial charge in [0.1, 0.15) is 0 Å². The molecule has 1 saturated heterocycles. The summed E-state index contributed by atoms with van der Waals surface area (Å²) in [5.41, 5.74) is 0.824. The summed E-state index contributed by atoms with van der Waals surface area (Å²) in [5.74, 6) is 0.841. The first-order valence-corrected chi connectivity index (χ1v) is 7.49. The molecular formula is C16H25N3O. The largest absolute Gasteiger partial charge is 0.336 e. The van der Waals surface area contributed by atoms with Crippen molar-refractivity contribution in [3.8, 4) is 0 Å². The Hall–Kier alpha value is -1.55. The van der Waals surface area contributed by atoms with E-state index in [1.165, 1.54) is 12.8 Å². The van der Waals surface area contributed by atoms with Gasteiger partial charge in [-0.2, -0.15) is 0 Å². The minimum Gasteiger partial charge on any atom is -0.336 e. The number of carbonyl (C=O) groups excluding carboxylic acids is 1. The van der Waals surface area contributed by atoms with Gasteiger partial charge in [0.15, 0.2) is 0 Å². The molecule has 1 aromatic rings. The molecule has 1 atom stereocenters. The molecule has 110 valence electrons. The smallest absolute Gasteiger partial charge is 0.319 e. The molecule has 1 unspecified atom stereocenters. The lowest BCUT2D eigenvalue weighted by molar-refractivity contribution is 0.146. The molecule has 0 bridgehead atoms. The Kier molecular flexibility index (Phi) is 5.41. The first-order valence-electron chi connectivity index (χ1n) is 7.49. The van der Waals surface area contributed by atoms with Gasteiger partial charge in [-0.1, -0.05) is 25.1 Å². The summed E-state index contributed by atoms with van der Waals surface area (Å²) < 4.78 is 0. The van der Waals surface area contributed by atoms with Crippen LogP contribution in [0.1, 0.15) is 26.7 Å². The molecule has 1 aromatic carbocycles. The highest BCUT2D eigenvalue weighted by Crippen LogP contribution is 2.17. The van der Waals surface area contributed by atoms with E-state index in [1.807, 2.05) is 30.3 Å². The topological polar surface area (TPSA) is 44.4 Å².